The minimum atomic E-state index is -0.629. The van der Waals surface area contributed by atoms with Gasteiger partial charge in [0, 0.05) is 0 Å². The molecule has 4 nitrogen and oxygen atoms in total. The third-order valence-corrected chi connectivity index (χ3v) is 2.03. The van der Waals surface area contributed by atoms with E-state index >= 15 is 0 Å². The monoisotopic (exact) mass is 225 g/mol. The van der Waals surface area contributed by atoms with Crippen LogP contribution in [0.1, 0.15) is 20.3 Å². The average molecular weight is 225 g/mol. The Hall–Kier alpha value is -1.49. The first-order valence-corrected chi connectivity index (χ1v) is 5.18. The van der Waals surface area contributed by atoms with Crippen molar-refractivity contribution >= 4 is 11.7 Å². The van der Waals surface area contributed by atoms with Crippen molar-refractivity contribution in [2.75, 3.05) is 5.32 Å². The Kier molecular flexibility index (Phi) is 4.37. The van der Waals surface area contributed by atoms with Gasteiger partial charge in [-0.25, -0.2) is 4.98 Å². The van der Waals surface area contributed by atoms with Crippen LogP contribution in [0.5, 0.6) is 0 Å². The van der Waals surface area contributed by atoms with Gasteiger partial charge in [0.05, 0.1) is 6.04 Å². The molecular formula is C11H16FN3O. The predicted molar refractivity (Wildman–Crippen MR) is 60.3 cm³/mol. The van der Waals surface area contributed by atoms with E-state index in [0.29, 0.717) is 12.3 Å². The lowest BCUT2D eigenvalue weighted by Gasteiger charge is -2.13. The maximum absolute atomic E-state index is 12.7. The maximum Gasteiger partial charge on any atom is 0.242 e. The van der Waals surface area contributed by atoms with E-state index < -0.39 is 12.0 Å². The lowest BCUT2D eigenvalue weighted by atomic mass is 10.0. The minimum absolute atomic E-state index is 0.184. The molecule has 0 fully saturated rings. The molecule has 1 heterocycles. The fourth-order valence-electron chi connectivity index (χ4n) is 1.31. The first kappa shape index (κ1) is 12.6. The SMILES string of the molecule is CC(C)C[C@H](N)C(=O)Nc1cccc(F)n1. The number of aromatic nitrogens is 1. The largest absolute Gasteiger partial charge is 0.320 e. The number of nitrogens with one attached hydrogen (secondary N) is 1. The van der Waals surface area contributed by atoms with Gasteiger partial charge in [0.2, 0.25) is 11.9 Å². The number of halogens is 1. The standard InChI is InChI=1S/C11H16FN3O/c1-7(2)6-8(13)11(16)15-10-5-3-4-9(12)14-10/h3-5,7-8H,6,13H2,1-2H3,(H,14,15,16)/t8-/m0/s1. The highest BCUT2D eigenvalue weighted by Gasteiger charge is 2.15. The van der Waals surface area contributed by atoms with Crippen LogP contribution < -0.4 is 11.1 Å². The van der Waals surface area contributed by atoms with Gasteiger partial charge in [0.15, 0.2) is 0 Å². The summed E-state index contributed by atoms with van der Waals surface area (Å²) in [6.45, 7) is 3.96. The first-order valence-electron chi connectivity index (χ1n) is 5.18. The summed E-state index contributed by atoms with van der Waals surface area (Å²) in [4.78, 5) is 15.1. The van der Waals surface area contributed by atoms with Crippen LogP contribution in [0.15, 0.2) is 18.2 Å². The van der Waals surface area contributed by atoms with E-state index in [1.54, 1.807) is 0 Å². The lowest BCUT2D eigenvalue weighted by molar-refractivity contribution is -0.117. The van der Waals surface area contributed by atoms with Crippen LogP contribution in [-0.2, 0) is 4.79 Å². The molecule has 0 radical (unpaired) electrons. The second-order valence-corrected chi connectivity index (χ2v) is 4.07. The third kappa shape index (κ3) is 3.94. The Morgan fingerprint density at radius 1 is 1.56 bits per heavy atom. The Balaban J connectivity index is 2.57. The molecule has 88 valence electrons. The summed E-state index contributed by atoms with van der Waals surface area (Å²) in [5.41, 5.74) is 5.67. The van der Waals surface area contributed by atoms with Crippen molar-refractivity contribution < 1.29 is 9.18 Å². The Bertz CT molecular complexity index is 368. The maximum atomic E-state index is 12.7. The molecule has 5 heteroatoms. The number of pyridine rings is 1. The Labute approximate surface area is 94.1 Å². The van der Waals surface area contributed by atoms with Gasteiger partial charge in [-0.3, -0.25) is 4.79 Å². The van der Waals surface area contributed by atoms with Crippen LogP contribution in [0.3, 0.4) is 0 Å². The molecule has 0 aliphatic carbocycles. The molecule has 1 rings (SSSR count). The fraction of sp³-hybridized carbons (Fsp3) is 0.455. The van der Waals surface area contributed by atoms with Crippen LogP contribution >= 0.6 is 0 Å². The molecular weight excluding hydrogens is 209 g/mol. The van der Waals surface area contributed by atoms with Crippen LogP contribution in [0, 0.1) is 11.9 Å². The number of carbonyl (C=O) groups excluding carboxylic acids is 1. The van der Waals surface area contributed by atoms with Crippen LogP contribution in [0.2, 0.25) is 0 Å². The molecule has 0 aromatic carbocycles. The van der Waals surface area contributed by atoms with E-state index in [-0.39, 0.29) is 11.7 Å². The van der Waals surface area contributed by atoms with Gasteiger partial charge < -0.3 is 11.1 Å². The zero-order valence-corrected chi connectivity index (χ0v) is 9.40. The summed E-state index contributed by atoms with van der Waals surface area (Å²) in [5.74, 6) is -0.451. The van der Waals surface area contributed by atoms with Gasteiger partial charge >= 0.3 is 0 Å². The molecule has 0 aliphatic heterocycles. The van der Waals surface area contributed by atoms with E-state index in [1.807, 2.05) is 13.8 Å². The minimum Gasteiger partial charge on any atom is -0.320 e. The highest BCUT2D eigenvalue weighted by Crippen LogP contribution is 2.07. The van der Waals surface area contributed by atoms with Crippen molar-refractivity contribution in [2.24, 2.45) is 11.7 Å². The van der Waals surface area contributed by atoms with Gasteiger partial charge in [-0.2, -0.15) is 4.39 Å². The van der Waals surface area contributed by atoms with Crippen molar-refractivity contribution in [1.82, 2.24) is 4.98 Å². The second-order valence-electron chi connectivity index (χ2n) is 4.07. The fourth-order valence-corrected chi connectivity index (χ4v) is 1.31. The number of rotatable bonds is 4. The Morgan fingerprint density at radius 3 is 2.81 bits per heavy atom. The smallest absolute Gasteiger partial charge is 0.242 e. The number of anilines is 1. The molecule has 16 heavy (non-hydrogen) atoms. The number of hydrogen-bond acceptors (Lipinski definition) is 3. The summed E-state index contributed by atoms with van der Waals surface area (Å²) in [6, 6.07) is 3.61. The molecule has 0 saturated carbocycles. The topological polar surface area (TPSA) is 68.0 Å². The summed E-state index contributed by atoms with van der Waals surface area (Å²) in [7, 11) is 0. The van der Waals surface area contributed by atoms with Gasteiger partial charge in [0.1, 0.15) is 5.82 Å². The molecule has 1 amide bonds. The zero-order valence-electron chi connectivity index (χ0n) is 9.40. The van der Waals surface area contributed by atoms with Gasteiger partial charge in [-0.05, 0) is 24.5 Å². The van der Waals surface area contributed by atoms with Crippen LogP contribution in [-0.4, -0.2) is 16.9 Å². The summed E-state index contributed by atoms with van der Waals surface area (Å²) >= 11 is 0. The van der Waals surface area contributed by atoms with E-state index in [1.165, 1.54) is 18.2 Å². The first-order chi connectivity index (χ1) is 7.49. The quantitative estimate of drug-likeness (QED) is 0.763. The second kappa shape index (κ2) is 5.55. The van der Waals surface area contributed by atoms with Crippen molar-refractivity contribution in [1.29, 1.82) is 0 Å². The van der Waals surface area contributed by atoms with Crippen molar-refractivity contribution in [3.05, 3.63) is 24.1 Å². The predicted octanol–water partition coefficient (Wildman–Crippen LogP) is 1.53. The molecule has 0 unspecified atom stereocenters. The Morgan fingerprint density at radius 2 is 2.25 bits per heavy atom. The molecule has 1 aromatic heterocycles. The van der Waals surface area contributed by atoms with E-state index in [4.69, 9.17) is 5.73 Å². The molecule has 1 aromatic rings. The summed E-state index contributed by atoms with van der Waals surface area (Å²) < 4.78 is 12.7. The summed E-state index contributed by atoms with van der Waals surface area (Å²) in [6.07, 6.45) is 0.584. The van der Waals surface area contributed by atoms with E-state index in [9.17, 15) is 9.18 Å². The zero-order chi connectivity index (χ0) is 12.1. The molecule has 0 aliphatic rings. The van der Waals surface area contributed by atoms with E-state index in [2.05, 4.69) is 10.3 Å². The molecule has 0 bridgehead atoms. The average Bonchev–Trinajstić information content (AvgIpc) is 2.16. The van der Waals surface area contributed by atoms with Crippen LogP contribution in [0.4, 0.5) is 10.2 Å². The molecule has 0 spiro atoms. The van der Waals surface area contributed by atoms with E-state index in [0.717, 1.165) is 0 Å². The lowest BCUT2D eigenvalue weighted by Crippen LogP contribution is -2.36. The van der Waals surface area contributed by atoms with Crippen molar-refractivity contribution in [3.8, 4) is 0 Å². The van der Waals surface area contributed by atoms with Gasteiger partial charge in [-0.15, -0.1) is 0 Å². The molecule has 3 N–H and O–H groups in total. The van der Waals surface area contributed by atoms with Crippen molar-refractivity contribution in [3.63, 3.8) is 0 Å². The number of nitrogens with zero attached hydrogens (tertiary/aromatic N) is 1. The number of nitrogens with two attached hydrogens (primary N) is 1. The number of amides is 1. The number of carbonyl (C=O) groups is 1. The number of hydrogen-bond donors (Lipinski definition) is 2. The molecule has 0 saturated heterocycles. The van der Waals surface area contributed by atoms with Gasteiger partial charge in [-0.1, -0.05) is 19.9 Å². The normalized spacial score (nSPS) is 12.6. The highest BCUT2D eigenvalue weighted by molar-refractivity contribution is 5.93. The highest BCUT2D eigenvalue weighted by atomic mass is 19.1. The van der Waals surface area contributed by atoms with Crippen molar-refractivity contribution in [2.45, 2.75) is 26.3 Å². The van der Waals surface area contributed by atoms with Crippen LogP contribution in [0.25, 0.3) is 0 Å². The third-order valence-electron chi connectivity index (χ3n) is 2.03. The molecule has 1 atom stereocenters. The van der Waals surface area contributed by atoms with Gasteiger partial charge in [0.25, 0.3) is 0 Å². The summed E-state index contributed by atoms with van der Waals surface area (Å²) in [5, 5.41) is 2.47.